The zero-order valence-electron chi connectivity index (χ0n) is 12.9. The minimum absolute atomic E-state index is 0.331. The fraction of sp³-hybridized carbons (Fsp3) is 0.250. The molecule has 0 spiro atoms. The van der Waals surface area contributed by atoms with Crippen LogP contribution in [0.2, 0.25) is 0 Å². The van der Waals surface area contributed by atoms with Gasteiger partial charge < -0.3 is 18.9 Å². The van der Waals surface area contributed by atoms with Crippen LogP contribution in [-0.2, 0) is 0 Å². The second-order valence-electron chi connectivity index (χ2n) is 4.00. The second kappa shape index (κ2) is 8.71. The van der Waals surface area contributed by atoms with E-state index in [1.54, 1.807) is 0 Å². The van der Waals surface area contributed by atoms with Crippen molar-refractivity contribution in [3.8, 4) is 23.0 Å². The Labute approximate surface area is 128 Å². The molecular weight excluding hydrogens is 294 g/mol. The normalized spacial score (nSPS) is 9.36. The quantitative estimate of drug-likeness (QED) is 0.863. The van der Waals surface area contributed by atoms with Crippen LogP contribution in [-0.4, -0.2) is 28.4 Å². The van der Waals surface area contributed by atoms with E-state index in [9.17, 15) is 8.78 Å². The van der Waals surface area contributed by atoms with Gasteiger partial charge in [0.05, 0.1) is 28.4 Å². The van der Waals surface area contributed by atoms with E-state index in [0.29, 0.717) is 23.0 Å². The number of methoxy groups -OCH3 is 4. The first kappa shape index (κ1) is 17.6. The van der Waals surface area contributed by atoms with Gasteiger partial charge in [-0.05, 0) is 24.3 Å². The number of rotatable bonds is 4. The molecule has 4 nitrogen and oxygen atoms in total. The van der Waals surface area contributed by atoms with Crippen molar-refractivity contribution in [3.63, 3.8) is 0 Å². The molecule has 0 atom stereocenters. The average Bonchev–Trinajstić information content (AvgIpc) is 2.55. The van der Waals surface area contributed by atoms with Crippen LogP contribution in [0.25, 0.3) is 0 Å². The maximum absolute atomic E-state index is 12.5. The third-order valence-corrected chi connectivity index (χ3v) is 2.69. The van der Waals surface area contributed by atoms with Gasteiger partial charge in [0.1, 0.15) is 11.6 Å². The summed E-state index contributed by atoms with van der Waals surface area (Å²) in [6.07, 6.45) is 0. The van der Waals surface area contributed by atoms with Crippen LogP contribution in [0.4, 0.5) is 8.78 Å². The van der Waals surface area contributed by atoms with Crippen LogP contribution >= 0.6 is 0 Å². The van der Waals surface area contributed by atoms with Crippen LogP contribution in [0.3, 0.4) is 0 Å². The first-order chi connectivity index (χ1) is 10.5. The van der Waals surface area contributed by atoms with Gasteiger partial charge >= 0.3 is 0 Å². The molecule has 0 aliphatic carbocycles. The number of hydrogen-bond acceptors (Lipinski definition) is 4. The Morgan fingerprint density at radius 1 is 0.545 bits per heavy atom. The molecule has 0 aliphatic rings. The van der Waals surface area contributed by atoms with Gasteiger partial charge in [0.15, 0.2) is 23.0 Å². The molecule has 2 aromatic rings. The molecule has 0 heterocycles. The molecule has 2 rings (SSSR count). The lowest BCUT2D eigenvalue weighted by Crippen LogP contribution is -1.90. The van der Waals surface area contributed by atoms with Gasteiger partial charge in [0.2, 0.25) is 0 Å². The second-order valence-corrected chi connectivity index (χ2v) is 4.00. The van der Waals surface area contributed by atoms with E-state index in [1.165, 1.54) is 64.8 Å². The average molecular weight is 312 g/mol. The van der Waals surface area contributed by atoms with E-state index in [0.717, 1.165) is 0 Å². The molecule has 0 bridgehead atoms. The van der Waals surface area contributed by atoms with Crippen LogP contribution in [0.5, 0.6) is 23.0 Å². The highest BCUT2D eigenvalue weighted by Gasteiger charge is 2.03. The van der Waals surface area contributed by atoms with E-state index in [4.69, 9.17) is 18.9 Å². The Bertz CT molecular complexity index is 549. The minimum atomic E-state index is -0.331. The first-order valence-electron chi connectivity index (χ1n) is 6.30. The van der Waals surface area contributed by atoms with Crippen molar-refractivity contribution in [3.05, 3.63) is 48.0 Å². The van der Waals surface area contributed by atoms with Crippen molar-refractivity contribution < 1.29 is 27.7 Å². The van der Waals surface area contributed by atoms with E-state index < -0.39 is 0 Å². The highest BCUT2D eigenvalue weighted by molar-refractivity contribution is 5.40. The predicted molar refractivity (Wildman–Crippen MR) is 79.0 cm³/mol. The summed E-state index contributed by atoms with van der Waals surface area (Å²) in [7, 11) is 5.96. The highest BCUT2D eigenvalue weighted by Crippen LogP contribution is 2.27. The summed E-state index contributed by atoms with van der Waals surface area (Å²) in [5.41, 5.74) is 0. The van der Waals surface area contributed by atoms with Crippen molar-refractivity contribution in [1.29, 1.82) is 0 Å². The lowest BCUT2D eigenvalue weighted by Gasteiger charge is -2.05. The molecule has 0 radical (unpaired) electrons. The van der Waals surface area contributed by atoms with Crippen molar-refractivity contribution in [2.24, 2.45) is 0 Å². The lowest BCUT2D eigenvalue weighted by atomic mass is 10.3. The molecule has 0 unspecified atom stereocenters. The Morgan fingerprint density at radius 2 is 0.864 bits per heavy atom. The fourth-order valence-corrected chi connectivity index (χ4v) is 1.62. The van der Waals surface area contributed by atoms with Gasteiger partial charge in [-0.25, -0.2) is 8.78 Å². The van der Waals surface area contributed by atoms with Gasteiger partial charge in [-0.3, -0.25) is 0 Å². The van der Waals surface area contributed by atoms with Crippen molar-refractivity contribution in [1.82, 2.24) is 0 Å². The molecule has 22 heavy (non-hydrogen) atoms. The standard InChI is InChI=1S/2C8H9FO2/c2*1-10-7-4-3-6(9)5-8(7)11-2/h2*3-5H,1-2H3. The summed E-state index contributed by atoms with van der Waals surface area (Å²) in [5, 5.41) is 0. The lowest BCUT2D eigenvalue weighted by molar-refractivity contribution is 0.352. The van der Waals surface area contributed by atoms with Gasteiger partial charge in [0.25, 0.3) is 0 Å². The number of halogens is 2. The van der Waals surface area contributed by atoms with Crippen molar-refractivity contribution in [2.45, 2.75) is 0 Å². The Balaban J connectivity index is 0.000000220. The Kier molecular flexibility index (Phi) is 6.95. The molecule has 6 heteroatoms. The maximum atomic E-state index is 12.5. The van der Waals surface area contributed by atoms with Gasteiger partial charge in [-0.2, -0.15) is 0 Å². The summed E-state index contributed by atoms with van der Waals surface area (Å²) >= 11 is 0. The monoisotopic (exact) mass is 312 g/mol. The van der Waals surface area contributed by atoms with Gasteiger partial charge in [-0.15, -0.1) is 0 Å². The first-order valence-corrected chi connectivity index (χ1v) is 6.30. The van der Waals surface area contributed by atoms with Crippen LogP contribution in [0.1, 0.15) is 0 Å². The van der Waals surface area contributed by atoms with E-state index in [1.807, 2.05) is 0 Å². The molecule has 0 saturated heterocycles. The zero-order chi connectivity index (χ0) is 16.5. The SMILES string of the molecule is COc1ccc(F)cc1OC.COc1ccc(F)cc1OC. The topological polar surface area (TPSA) is 36.9 Å². The van der Waals surface area contributed by atoms with Crippen LogP contribution < -0.4 is 18.9 Å². The number of hydrogen-bond donors (Lipinski definition) is 0. The van der Waals surface area contributed by atoms with Crippen LogP contribution in [0, 0.1) is 11.6 Å². The number of ether oxygens (including phenoxy) is 4. The minimum Gasteiger partial charge on any atom is -0.493 e. The van der Waals surface area contributed by atoms with Crippen LogP contribution in [0.15, 0.2) is 36.4 Å². The Morgan fingerprint density at radius 3 is 1.14 bits per heavy atom. The molecule has 120 valence electrons. The fourth-order valence-electron chi connectivity index (χ4n) is 1.62. The molecule has 0 fully saturated rings. The zero-order valence-corrected chi connectivity index (χ0v) is 12.9. The van der Waals surface area contributed by atoms with E-state index in [-0.39, 0.29) is 11.6 Å². The third kappa shape index (κ3) is 4.80. The molecular formula is C16H18F2O4. The molecule has 0 aromatic heterocycles. The Hall–Kier alpha value is -2.50. The van der Waals surface area contributed by atoms with Crippen molar-refractivity contribution in [2.75, 3.05) is 28.4 Å². The molecule has 0 saturated carbocycles. The smallest absolute Gasteiger partial charge is 0.163 e. The number of benzene rings is 2. The molecule has 0 amide bonds. The molecule has 0 aliphatic heterocycles. The van der Waals surface area contributed by atoms with Crippen molar-refractivity contribution >= 4 is 0 Å². The molecule has 0 N–H and O–H groups in total. The predicted octanol–water partition coefficient (Wildman–Crippen LogP) is 3.69. The summed E-state index contributed by atoms with van der Waals surface area (Å²) in [6.45, 7) is 0. The third-order valence-electron chi connectivity index (χ3n) is 2.69. The molecule has 2 aromatic carbocycles. The maximum Gasteiger partial charge on any atom is 0.163 e. The van der Waals surface area contributed by atoms with Gasteiger partial charge in [-0.1, -0.05) is 0 Å². The van der Waals surface area contributed by atoms with E-state index >= 15 is 0 Å². The summed E-state index contributed by atoms with van der Waals surface area (Å²) in [5.74, 6) is 1.23. The highest BCUT2D eigenvalue weighted by atomic mass is 19.1. The summed E-state index contributed by atoms with van der Waals surface area (Å²) < 4.78 is 44.6. The van der Waals surface area contributed by atoms with Gasteiger partial charge in [0, 0.05) is 12.1 Å². The largest absolute Gasteiger partial charge is 0.493 e. The summed E-state index contributed by atoms with van der Waals surface area (Å²) in [6, 6.07) is 8.24. The summed E-state index contributed by atoms with van der Waals surface area (Å²) in [4.78, 5) is 0. The van der Waals surface area contributed by atoms with E-state index in [2.05, 4.69) is 0 Å².